The summed E-state index contributed by atoms with van der Waals surface area (Å²) in [6.07, 6.45) is 9.55. The SMILES string of the molecule is CCc1cc(C(C#N)N2CC(F)(F)C2)ccc1N(C)c1cc2c(cn1)ncn2C.CCc1cc(C=O)ccc1N(C)c1cc2c(cn1)ncn2C. The minimum absolute atomic E-state index is 0.372. The Morgan fingerprint density at radius 3 is 1.80 bits per heavy atom. The number of rotatable bonds is 9. The van der Waals surface area contributed by atoms with Gasteiger partial charge < -0.3 is 18.9 Å². The summed E-state index contributed by atoms with van der Waals surface area (Å²) in [4.78, 5) is 34.1. The number of aryl methyl sites for hydroxylation is 4. The van der Waals surface area contributed by atoms with Crippen LogP contribution in [-0.4, -0.2) is 73.4 Å². The first kappa shape index (κ1) is 35.1. The molecule has 262 valence electrons. The average molecular weight is 691 g/mol. The van der Waals surface area contributed by atoms with E-state index in [1.165, 1.54) is 4.90 Å². The Bertz CT molecular complexity index is 2250. The van der Waals surface area contributed by atoms with Crippen molar-refractivity contribution in [2.24, 2.45) is 14.1 Å². The largest absolute Gasteiger partial charge is 0.334 e. The van der Waals surface area contributed by atoms with Crippen molar-refractivity contribution in [2.75, 3.05) is 37.0 Å². The van der Waals surface area contributed by atoms with E-state index in [0.717, 1.165) is 80.9 Å². The minimum Gasteiger partial charge on any atom is -0.334 e. The number of alkyl halides is 2. The van der Waals surface area contributed by atoms with E-state index < -0.39 is 12.0 Å². The molecule has 0 spiro atoms. The summed E-state index contributed by atoms with van der Waals surface area (Å²) in [5.74, 6) is -1.06. The molecule has 4 aromatic heterocycles. The summed E-state index contributed by atoms with van der Waals surface area (Å²) in [5, 5.41) is 9.55. The molecule has 1 aliphatic heterocycles. The molecule has 11 nitrogen and oxygen atoms in total. The molecule has 0 N–H and O–H groups in total. The number of hydrogen-bond acceptors (Lipinski definition) is 9. The lowest BCUT2D eigenvalue weighted by atomic mass is 9.97. The summed E-state index contributed by atoms with van der Waals surface area (Å²) >= 11 is 0. The topological polar surface area (TPSA) is 112 Å². The van der Waals surface area contributed by atoms with E-state index in [2.05, 4.69) is 32.9 Å². The first-order chi connectivity index (χ1) is 24.5. The van der Waals surface area contributed by atoms with Gasteiger partial charge in [0.15, 0.2) is 0 Å². The molecule has 13 heteroatoms. The van der Waals surface area contributed by atoms with Gasteiger partial charge >= 0.3 is 0 Å². The van der Waals surface area contributed by atoms with Crippen LogP contribution in [-0.2, 0) is 26.9 Å². The highest BCUT2D eigenvalue weighted by Crippen LogP contribution is 2.37. The molecular weight excluding hydrogens is 650 g/mol. The van der Waals surface area contributed by atoms with Gasteiger partial charge in [-0.05, 0) is 53.8 Å². The number of carbonyl (C=O) groups is 1. The standard InChI is InChI=1S/C21H22F2N6.C17H18N4O/c1-4-14-7-15(19(9-24)29-11-21(22,23)12-29)5-6-17(14)28(3)20-8-18-16(10-25-20)26-13-27(18)2;1-4-13-7-12(10-22)5-6-15(13)21(3)17-8-16-14(9-18-17)19-11-20(16)2/h5-8,10,13,19H,4,11-12H2,1-3H3;5-11H,4H2,1-3H3. The normalized spacial score (nSPS) is 14.3. The summed E-state index contributed by atoms with van der Waals surface area (Å²) in [7, 11) is 7.83. The van der Waals surface area contributed by atoms with Crippen molar-refractivity contribution in [3.05, 3.63) is 95.8 Å². The van der Waals surface area contributed by atoms with Gasteiger partial charge in [-0.1, -0.05) is 26.0 Å². The number of aldehydes is 1. The summed E-state index contributed by atoms with van der Waals surface area (Å²) in [5.41, 5.74) is 9.36. The zero-order valence-electron chi connectivity index (χ0n) is 29.5. The summed E-state index contributed by atoms with van der Waals surface area (Å²) < 4.78 is 30.4. The van der Waals surface area contributed by atoms with Crippen LogP contribution in [0.25, 0.3) is 22.1 Å². The molecule has 1 atom stereocenters. The monoisotopic (exact) mass is 690 g/mol. The maximum atomic E-state index is 13.2. The van der Waals surface area contributed by atoms with Crippen LogP contribution in [0.4, 0.5) is 31.8 Å². The van der Waals surface area contributed by atoms with E-state index in [1.807, 2.05) is 103 Å². The molecule has 51 heavy (non-hydrogen) atoms. The van der Waals surface area contributed by atoms with Crippen molar-refractivity contribution in [3.8, 4) is 6.07 Å². The molecule has 0 saturated carbocycles. The van der Waals surface area contributed by atoms with E-state index in [1.54, 1.807) is 25.0 Å². The van der Waals surface area contributed by atoms with Gasteiger partial charge in [0, 0.05) is 57.3 Å². The molecular formula is C38H40F2N10O. The van der Waals surface area contributed by atoms with Gasteiger partial charge in [0.05, 0.1) is 55.2 Å². The number of imidazole rings is 2. The highest BCUT2D eigenvalue weighted by atomic mass is 19.3. The number of halogens is 2. The van der Waals surface area contributed by atoms with Crippen molar-refractivity contribution in [1.82, 2.24) is 34.0 Å². The van der Waals surface area contributed by atoms with Crippen LogP contribution in [0.1, 0.15) is 46.9 Å². The van der Waals surface area contributed by atoms with Gasteiger partial charge in [-0.15, -0.1) is 0 Å². The fourth-order valence-electron chi connectivity index (χ4n) is 6.43. The number of hydrogen-bond donors (Lipinski definition) is 0. The Morgan fingerprint density at radius 1 is 0.824 bits per heavy atom. The van der Waals surface area contributed by atoms with Gasteiger partial charge in [-0.25, -0.2) is 28.7 Å². The van der Waals surface area contributed by atoms with Crippen molar-refractivity contribution in [2.45, 2.75) is 38.7 Å². The first-order valence-electron chi connectivity index (χ1n) is 16.7. The third kappa shape index (κ3) is 7.00. The van der Waals surface area contributed by atoms with Crippen LogP contribution in [0, 0.1) is 11.3 Å². The van der Waals surface area contributed by atoms with Crippen LogP contribution in [0.5, 0.6) is 0 Å². The highest BCUT2D eigenvalue weighted by Gasteiger charge is 2.47. The molecule has 0 amide bonds. The molecule has 0 radical (unpaired) electrons. The zero-order valence-corrected chi connectivity index (χ0v) is 29.5. The number of nitrogens with zero attached hydrogens (tertiary/aromatic N) is 10. The van der Waals surface area contributed by atoms with Gasteiger partial charge in [-0.3, -0.25) is 9.69 Å². The van der Waals surface area contributed by atoms with Gasteiger partial charge in [0.25, 0.3) is 5.92 Å². The summed E-state index contributed by atoms with van der Waals surface area (Å²) in [6.45, 7) is 3.37. The van der Waals surface area contributed by atoms with Gasteiger partial charge in [0.2, 0.25) is 0 Å². The number of anilines is 4. The van der Waals surface area contributed by atoms with Crippen LogP contribution in [0.3, 0.4) is 0 Å². The van der Waals surface area contributed by atoms with Crippen LogP contribution < -0.4 is 9.80 Å². The van der Waals surface area contributed by atoms with E-state index in [9.17, 15) is 18.8 Å². The predicted octanol–water partition coefficient (Wildman–Crippen LogP) is 6.93. The van der Waals surface area contributed by atoms with E-state index >= 15 is 0 Å². The molecule has 6 aromatic rings. The molecule has 1 unspecified atom stereocenters. The predicted molar refractivity (Wildman–Crippen MR) is 195 cm³/mol. The van der Waals surface area contributed by atoms with E-state index in [4.69, 9.17) is 0 Å². The summed E-state index contributed by atoms with van der Waals surface area (Å²) in [6, 6.07) is 17.0. The quantitative estimate of drug-likeness (QED) is 0.149. The van der Waals surface area contributed by atoms with E-state index in [0.29, 0.717) is 5.56 Å². The van der Waals surface area contributed by atoms with E-state index in [-0.39, 0.29) is 13.1 Å². The number of likely N-dealkylation sites (tertiary alicyclic amines) is 1. The fourth-order valence-corrected chi connectivity index (χ4v) is 6.43. The molecule has 2 aromatic carbocycles. The first-order valence-corrected chi connectivity index (χ1v) is 16.7. The molecule has 5 heterocycles. The number of carbonyl (C=O) groups excluding carboxylic acids is 1. The number of benzene rings is 2. The van der Waals surface area contributed by atoms with Crippen LogP contribution in [0.2, 0.25) is 0 Å². The highest BCUT2D eigenvalue weighted by molar-refractivity contribution is 5.81. The molecule has 7 rings (SSSR count). The maximum Gasteiger partial charge on any atom is 0.273 e. The third-order valence-electron chi connectivity index (χ3n) is 9.38. The Morgan fingerprint density at radius 2 is 1.33 bits per heavy atom. The second-order valence-electron chi connectivity index (χ2n) is 12.8. The number of nitriles is 1. The molecule has 1 fully saturated rings. The lowest BCUT2D eigenvalue weighted by molar-refractivity contribution is -0.139. The molecule has 0 aliphatic carbocycles. The second kappa shape index (κ2) is 14.2. The van der Waals surface area contributed by atoms with Crippen molar-refractivity contribution < 1.29 is 13.6 Å². The minimum atomic E-state index is -2.70. The molecule has 0 bridgehead atoms. The average Bonchev–Trinajstić information content (AvgIpc) is 3.71. The Kier molecular flexibility index (Phi) is 9.80. The zero-order chi connectivity index (χ0) is 36.4. The van der Waals surface area contributed by atoms with Gasteiger partial charge in [0.1, 0.15) is 35.0 Å². The lowest BCUT2D eigenvalue weighted by Crippen LogP contribution is -2.56. The molecule has 1 aliphatic rings. The Hall–Kier alpha value is -5.74. The molecule has 1 saturated heterocycles. The van der Waals surface area contributed by atoms with Crippen LogP contribution >= 0.6 is 0 Å². The van der Waals surface area contributed by atoms with Gasteiger partial charge in [-0.2, -0.15) is 5.26 Å². The smallest absolute Gasteiger partial charge is 0.273 e. The van der Waals surface area contributed by atoms with Crippen LogP contribution in [0.15, 0.2) is 73.6 Å². The van der Waals surface area contributed by atoms with Crippen molar-refractivity contribution in [1.29, 1.82) is 5.26 Å². The van der Waals surface area contributed by atoms with Crippen molar-refractivity contribution in [3.63, 3.8) is 0 Å². The Balaban J connectivity index is 0.000000183. The third-order valence-corrected chi connectivity index (χ3v) is 9.38. The number of fused-ring (bicyclic) bond motifs is 2. The number of pyridine rings is 2. The second-order valence-corrected chi connectivity index (χ2v) is 12.8. The Labute approximate surface area is 295 Å². The fraction of sp³-hybridized carbons (Fsp3) is 0.316. The van der Waals surface area contributed by atoms with Crippen molar-refractivity contribution >= 4 is 51.4 Å². The number of aromatic nitrogens is 6. The maximum absolute atomic E-state index is 13.2. The lowest BCUT2D eigenvalue weighted by Gasteiger charge is -2.41.